The summed E-state index contributed by atoms with van der Waals surface area (Å²) in [6, 6.07) is 11.5. The molecule has 5 rings (SSSR count). The van der Waals surface area contributed by atoms with Crippen LogP contribution in [0.2, 0.25) is 0 Å². The SMILES string of the molecule is CC(C)[C@H](NS(=O)(=O)c1ccccc1CN)C(=O)OC(C)(C)C.Cc1c(C(=O)OC(C)(C)C)ccc2c1CC[C@@H]2NC(=O)c1cc(C(=O)O)nc2ccnn12. The quantitative estimate of drug-likeness (QED) is 0.158. The van der Waals surface area contributed by atoms with Crippen molar-refractivity contribution in [1.82, 2.24) is 24.6 Å². The summed E-state index contributed by atoms with van der Waals surface area (Å²) >= 11 is 0. The second-order valence-corrected chi connectivity index (χ2v) is 17.2. The fraction of sp³-hybridized carbons (Fsp3) is 0.436. The topological polar surface area (TPSA) is 221 Å². The maximum atomic E-state index is 13.0. The third-order valence-electron chi connectivity index (χ3n) is 8.52. The lowest BCUT2D eigenvalue weighted by Gasteiger charge is -2.26. The Kier molecular flexibility index (Phi) is 12.9. The number of sulfonamides is 1. The number of amides is 1. The van der Waals surface area contributed by atoms with Gasteiger partial charge in [-0.1, -0.05) is 38.1 Å². The summed E-state index contributed by atoms with van der Waals surface area (Å²) in [5.74, 6) is -2.90. The number of hydrogen-bond donors (Lipinski definition) is 4. The van der Waals surface area contributed by atoms with E-state index < -0.39 is 45.1 Å². The first-order valence-electron chi connectivity index (χ1n) is 17.8. The number of nitrogens with two attached hydrogens (primary N) is 1. The van der Waals surface area contributed by atoms with Gasteiger partial charge in [-0.15, -0.1) is 0 Å². The largest absolute Gasteiger partial charge is 0.477 e. The van der Waals surface area contributed by atoms with Crippen LogP contribution in [0.5, 0.6) is 0 Å². The van der Waals surface area contributed by atoms with Crippen LogP contribution >= 0.6 is 0 Å². The van der Waals surface area contributed by atoms with E-state index >= 15 is 0 Å². The van der Waals surface area contributed by atoms with Crippen molar-refractivity contribution in [3.8, 4) is 0 Å². The van der Waals surface area contributed by atoms with E-state index in [1.54, 1.807) is 58.9 Å². The van der Waals surface area contributed by atoms with Crippen molar-refractivity contribution in [1.29, 1.82) is 0 Å². The van der Waals surface area contributed by atoms with E-state index in [-0.39, 0.29) is 46.4 Å². The van der Waals surface area contributed by atoms with Crippen molar-refractivity contribution in [3.05, 3.63) is 93.9 Å². The van der Waals surface area contributed by atoms with E-state index in [4.69, 9.17) is 15.2 Å². The zero-order valence-corrected chi connectivity index (χ0v) is 33.4. The molecule has 15 nitrogen and oxygen atoms in total. The minimum absolute atomic E-state index is 0.0803. The number of carbonyl (C=O) groups excluding carboxylic acids is 3. The highest BCUT2D eigenvalue weighted by atomic mass is 32.2. The lowest BCUT2D eigenvalue weighted by Crippen LogP contribution is -2.47. The van der Waals surface area contributed by atoms with Gasteiger partial charge in [0.15, 0.2) is 11.3 Å². The number of esters is 2. The molecule has 296 valence electrons. The summed E-state index contributed by atoms with van der Waals surface area (Å²) in [5, 5.41) is 16.4. The zero-order chi connectivity index (χ0) is 41.0. The third kappa shape index (κ3) is 10.5. The molecule has 0 saturated carbocycles. The molecule has 2 aromatic carbocycles. The van der Waals surface area contributed by atoms with E-state index in [0.29, 0.717) is 24.0 Å². The van der Waals surface area contributed by atoms with Crippen LogP contribution in [-0.4, -0.2) is 69.2 Å². The van der Waals surface area contributed by atoms with Crippen LogP contribution in [0.25, 0.3) is 5.65 Å². The molecule has 0 saturated heterocycles. The number of carbonyl (C=O) groups is 4. The van der Waals surface area contributed by atoms with Gasteiger partial charge in [-0.3, -0.25) is 9.59 Å². The van der Waals surface area contributed by atoms with E-state index in [1.165, 1.54) is 28.9 Å². The van der Waals surface area contributed by atoms with Gasteiger partial charge in [0.2, 0.25) is 10.0 Å². The Labute approximate surface area is 321 Å². The highest BCUT2D eigenvalue weighted by Gasteiger charge is 2.33. The summed E-state index contributed by atoms with van der Waals surface area (Å²) in [7, 11) is -3.88. The van der Waals surface area contributed by atoms with Crippen molar-refractivity contribution in [3.63, 3.8) is 0 Å². The van der Waals surface area contributed by atoms with Gasteiger partial charge in [-0.25, -0.2) is 27.5 Å². The average molecular weight is 779 g/mol. The first kappa shape index (κ1) is 42.6. The summed E-state index contributed by atoms with van der Waals surface area (Å²) in [6.07, 6.45) is 2.83. The maximum Gasteiger partial charge on any atom is 0.354 e. The lowest BCUT2D eigenvalue weighted by atomic mass is 9.97. The van der Waals surface area contributed by atoms with Crippen LogP contribution < -0.4 is 15.8 Å². The maximum absolute atomic E-state index is 13.0. The molecule has 0 fully saturated rings. The van der Waals surface area contributed by atoms with Gasteiger partial charge >= 0.3 is 17.9 Å². The molecular formula is C39H50N6O9S. The number of benzene rings is 2. The summed E-state index contributed by atoms with van der Waals surface area (Å²) in [4.78, 5) is 53.4. The molecule has 1 amide bonds. The number of fused-ring (bicyclic) bond motifs is 2. The van der Waals surface area contributed by atoms with Crippen LogP contribution in [0.15, 0.2) is 59.6 Å². The monoisotopic (exact) mass is 778 g/mol. The molecule has 5 N–H and O–H groups in total. The number of nitrogens with one attached hydrogen (secondary N) is 2. The van der Waals surface area contributed by atoms with Crippen LogP contribution in [0, 0.1) is 12.8 Å². The molecule has 0 unspecified atom stereocenters. The molecule has 1 aliphatic carbocycles. The zero-order valence-electron chi connectivity index (χ0n) is 32.6. The molecule has 1 aliphatic rings. The predicted octanol–water partition coefficient (Wildman–Crippen LogP) is 4.90. The van der Waals surface area contributed by atoms with E-state index in [0.717, 1.165) is 16.7 Å². The van der Waals surface area contributed by atoms with E-state index in [1.807, 2.05) is 33.8 Å². The number of carboxylic acid groups (broad SMARTS) is 1. The van der Waals surface area contributed by atoms with E-state index in [2.05, 4.69) is 20.1 Å². The number of carboxylic acids is 1. The Balaban J connectivity index is 0.000000260. The number of aromatic nitrogens is 3. The van der Waals surface area contributed by atoms with Gasteiger partial charge in [0.1, 0.15) is 22.9 Å². The molecule has 2 atom stereocenters. The average Bonchev–Trinajstić information content (AvgIpc) is 3.73. The van der Waals surface area contributed by atoms with Crippen molar-refractivity contribution in [2.45, 2.75) is 110 Å². The molecule has 0 radical (unpaired) electrons. The molecule has 2 aromatic heterocycles. The Morgan fingerprint density at radius 1 is 1.00 bits per heavy atom. The first-order chi connectivity index (χ1) is 25.5. The standard InChI is InChI=1S/C23H24N4O5.C16H26N2O4S/c1-12-13-7-8-16(15(13)6-5-14(12)22(31)32-23(2,3)4)26-20(28)18-11-17(21(29)30)25-19-9-10-24-27(18)19;1-11(2)14(15(19)22-16(3,4)5)18-23(20,21)13-9-7-6-8-12(13)10-17/h5-6,9-11,16H,7-8H2,1-4H3,(H,26,28)(H,29,30);6-9,11,14,18H,10,17H2,1-5H3/t16-;14-/m00/s1. The Morgan fingerprint density at radius 3 is 2.25 bits per heavy atom. The summed E-state index contributed by atoms with van der Waals surface area (Å²) < 4.78 is 39.8. The highest BCUT2D eigenvalue weighted by molar-refractivity contribution is 7.89. The number of aromatic carboxylic acids is 1. The minimum atomic E-state index is -3.88. The van der Waals surface area contributed by atoms with Crippen molar-refractivity contribution in [2.24, 2.45) is 11.7 Å². The second kappa shape index (κ2) is 16.7. The molecular weight excluding hydrogens is 729 g/mol. The third-order valence-corrected chi connectivity index (χ3v) is 10.1. The van der Waals surface area contributed by atoms with Gasteiger partial charge in [0, 0.05) is 18.7 Å². The van der Waals surface area contributed by atoms with Gasteiger partial charge < -0.3 is 25.6 Å². The second-order valence-electron chi connectivity index (χ2n) is 15.5. The summed E-state index contributed by atoms with van der Waals surface area (Å²) in [5.41, 5.74) is 8.27. The van der Waals surface area contributed by atoms with Gasteiger partial charge in [-0.05, 0) is 102 Å². The van der Waals surface area contributed by atoms with Crippen molar-refractivity contribution in [2.75, 3.05) is 0 Å². The molecule has 0 aliphatic heterocycles. The Hall–Kier alpha value is -5.19. The molecule has 4 aromatic rings. The number of hydrogen-bond acceptors (Lipinski definition) is 11. The van der Waals surface area contributed by atoms with Crippen LogP contribution in [0.4, 0.5) is 0 Å². The molecule has 0 bridgehead atoms. The first-order valence-corrected chi connectivity index (χ1v) is 19.3. The Bertz CT molecular complexity index is 2200. The molecule has 55 heavy (non-hydrogen) atoms. The fourth-order valence-electron chi connectivity index (χ4n) is 5.99. The number of rotatable bonds is 10. The molecule has 0 spiro atoms. The van der Waals surface area contributed by atoms with Gasteiger partial charge in [-0.2, -0.15) is 9.82 Å². The Morgan fingerprint density at radius 2 is 1.65 bits per heavy atom. The lowest BCUT2D eigenvalue weighted by molar-refractivity contribution is -0.158. The normalized spacial score (nSPS) is 14.8. The predicted molar refractivity (Wildman–Crippen MR) is 204 cm³/mol. The molecule has 2 heterocycles. The van der Waals surface area contributed by atoms with Crippen molar-refractivity contribution >= 4 is 39.5 Å². The molecule has 16 heteroatoms. The fourth-order valence-corrected chi connectivity index (χ4v) is 7.57. The number of ether oxygens (including phenoxy) is 2. The highest BCUT2D eigenvalue weighted by Crippen LogP contribution is 2.35. The van der Waals surface area contributed by atoms with Gasteiger partial charge in [0.25, 0.3) is 5.91 Å². The van der Waals surface area contributed by atoms with Crippen LogP contribution in [-0.2, 0) is 37.3 Å². The summed E-state index contributed by atoms with van der Waals surface area (Å²) in [6.45, 7) is 16.2. The van der Waals surface area contributed by atoms with E-state index in [9.17, 15) is 32.7 Å². The number of nitrogens with zero attached hydrogens (tertiary/aromatic N) is 3. The minimum Gasteiger partial charge on any atom is -0.477 e. The van der Waals surface area contributed by atoms with Crippen molar-refractivity contribution < 1.29 is 42.2 Å². The van der Waals surface area contributed by atoms with Crippen LogP contribution in [0.1, 0.15) is 121 Å². The van der Waals surface area contributed by atoms with Gasteiger partial charge in [0.05, 0.1) is 22.7 Å². The smallest absolute Gasteiger partial charge is 0.354 e. The van der Waals surface area contributed by atoms with Crippen LogP contribution in [0.3, 0.4) is 0 Å².